The van der Waals surface area contributed by atoms with E-state index in [-0.39, 0.29) is 11.8 Å². The van der Waals surface area contributed by atoms with Gasteiger partial charge in [-0.2, -0.15) is 0 Å². The molecule has 1 heterocycles. The van der Waals surface area contributed by atoms with Crippen LogP contribution in [-0.4, -0.2) is 13.0 Å². The molecule has 0 spiro atoms. The van der Waals surface area contributed by atoms with Crippen LogP contribution in [-0.2, 0) is 11.3 Å². The van der Waals surface area contributed by atoms with E-state index in [1.807, 2.05) is 12.1 Å². The van der Waals surface area contributed by atoms with Crippen molar-refractivity contribution in [3.05, 3.63) is 45.1 Å². The van der Waals surface area contributed by atoms with Gasteiger partial charge in [-0.05, 0) is 55.7 Å². The number of amides is 1. The summed E-state index contributed by atoms with van der Waals surface area (Å²) in [5, 5.41) is 3.13. The van der Waals surface area contributed by atoms with E-state index >= 15 is 0 Å². The highest BCUT2D eigenvalue weighted by Crippen LogP contribution is 2.28. The van der Waals surface area contributed by atoms with Crippen molar-refractivity contribution in [2.24, 2.45) is 5.92 Å². The van der Waals surface area contributed by atoms with E-state index in [1.165, 1.54) is 24.1 Å². The molecule has 0 bridgehead atoms. The van der Waals surface area contributed by atoms with Gasteiger partial charge in [0.2, 0.25) is 5.91 Å². The van der Waals surface area contributed by atoms with Gasteiger partial charge in [-0.15, -0.1) is 11.3 Å². The van der Waals surface area contributed by atoms with Crippen molar-refractivity contribution in [1.82, 2.24) is 0 Å². The van der Waals surface area contributed by atoms with Crippen LogP contribution in [0.25, 0.3) is 0 Å². The summed E-state index contributed by atoms with van der Waals surface area (Å²) in [6.45, 7) is 2.88. The molecule has 0 atom stereocenters. The third-order valence-electron chi connectivity index (χ3n) is 4.91. The number of nitrogens with zero attached hydrogens (tertiary/aromatic N) is 1. The molecule has 1 aliphatic rings. The highest BCUT2D eigenvalue weighted by molar-refractivity contribution is 7.16. The Morgan fingerprint density at radius 2 is 2.00 bits per heavy atom. The molecule has 0 radical (unpaired) electrons. The van der Waals surface area contributed by atoms with Crippen molar-refractivity contribution in [2.75, 3.05) is 17.3 Å². The Morgan fingerprint density at radius 3 is 2.64 bits per heavy atom. The Balaban J connectivity index is 1.64. The minimum absolute atomic E-state index is 0.178. The van der Waals surface area contributed by atoms with E-state index in [9.17, 15) is 4.79 Å². The summed E-state index contributed by atoms with van der Waals surface area (Å²) in [6.07, 6.45) is 5.66. The molecule has 1 amide bonds. The second-order valence-electron chi connectivity index (χ2n) is 6.89. The minimum Gasteiger partial charge on any atom is -0.369 e. The number of anilines is 2. The summed E-state index contributed by atoms with van der Waals surface area (Å²) in [5.41, 5.74) is 3.15. The molecule has 1 saturated carbocycles. The zero-order valence-electron chi connectivity index (χ0n) is 14.8. The van der Waals surface area contributed by atoms with E-state index in [4.69, 9.17) is 11.6 Å². The summed E-state index contributed by atoms with van der Waals surface area (Å²) in [6, 6.07) is 10.2. The number of hydrogen-bond donors (Lipinski definition) is 1. The largest absolute Gasteiger partial charge is 0.369 e. The molecule has 134 valence electrons. The van der Waals surface area contributed by atoms with Gasteiger partial charge in [-0.25, -0.2) is 0 Å². The Hall–Kier alpha value is -1.52. The first-order chi connectivity index (χ1) is 12.0. The minimum atomic E-state index is 0.178. The number of benzene rings is 1. The van der Waals surface area contributed by atoms with Crippen LogP contribution in [0.3, 0.4) is 0 Å². The molecule has 3 rings (SSSR count). The van der Waals surface area contributed by atoms with Gasteiger partial charge in [-0.3, -0.25) is 4.79 Å². The molecule has 1 fully saturated rings. The smallest absolute Gasteiger partial charge is 0.227 e. The molecular weight excluding hydrogens is 352 g/mol. The van der Waals surface area contributed by atoms with Gasteiger partial charge in [0.15, 0.2) is 0 Å². The lowest BCUT2D eigenvalue weighted by atomic mass is 9.88. The molecule has 2 aromatic rings. The lowest BCUT2D eigenvalue weighted by Crippen LogP contribution is -2.25. The van der Waals surface area contributed by atoms with E-state index in [1.54, 1.807) is 11.3 Å². The average molecular weight is 377 g/mol. The third-order valence-corrected chi connectivity index (χ3v) is 6.12. The molecule has 0 aliphatic heterocycles. The SMILES string of the molecule is Cc1cc(N(C)Cc2ccc(Cl)s2)ccc1NC(=O)C1CCCCC1. The number of aryl methyl sites for hydroxylation is 1. The highest BCUT2D eigenvalue weighted by Gasteiger charge is 2.21. The van der Waals surface area contributed by atoms with Gasteiger partial charge in [0, 0.05) is 29.2 Å². The molecule has 1 aromatic carbocycles. The van der Waals surface area contributed by atoms with E-state index in [0.717, 1.165) is 40.7 Å². The maximum absolute atomic E-state index is 12.4. The normalized spacial score (nSPS) is 15.2. The monoisotopic (exact) mass is 376 g/mol. The number of halogens is 1. The van der Waals surface area contributed by atoms with Crippen LogP contribution in [0.4, 0.5) is 11.4 Å². The van der Waals surface area contributed by atoms with Crippen molar-refractivity contribution >= 4 is 40.2 Å². The number of carbonyl (C=O) groups excluding carboxylic acids is 1. The first-order valence-electron chi connectivity index (χ1n) is 8.90. The van der Waals surface area contributed by atoms with Crippen molar-refractivity contribution in [3.8, 4) is 0 Å². The predicted octanol–water partition coefficient (Wildman–Crippen LogP) is 5.87. The van der Waals surface area contributed by atoms with Crippen LogP contribution >= 0.6 is 22.9 Å². The first kappa shape index (κ1) is 18.3. The fourth-order valence-electron chi connectivity index (χ4n) is 3.39. The summed E-state index contributed by atoms with van der Waals surface area (Å²) in [5.74, 6) is 0.358. The fraction of sp³-hybridized carbons (Fsp3) is 0.450. The summed E-state index contributed by atoms with van der Waals surface area (Å²) in [4.78, 5) is 15.9. The van der Waals surface area contributed by atoms with Crippen molar-refractivity contribution < 1.29 is 4.79 Å². The standard InChI is InChI=1S/C20H25ClN2OS/c1-14-12-16(23(2)13-17-9-11-19(21)25-17)8-10-18(14)22-20(24)15-6-4-3-5-7-15/h8-12,15H,3-7,13H2,1-2H3,(H,22,24). The van der Waals surface area contributed by atoms with E-state index in [0.29, 0.717) is 0 Å². The van der Waals surface area contributed by atoms with Crippen molar-refractivity contribution in [1.29, 1.82) is 0 Å². The van der Waals surface area contributed by atoms with Gasteiger partial charge >= 0.3 is 0 Å². The van der Waals surface area contributed by atoms with Gasteiger partial charge in [-0.1, -0.05) is 30.9 Å². The van der Waals surface area contributed by atoms with E-state index < -0.39 is 0 Å². The number of rotatable bonds is 5. The number of thiophene rings is 1. The van der Waals surface area contributed by atoms with Gasteiger partial charge in [0.1, 0.15) is 0 Å². The molecule has 1 aliphatic carbocycles. The lowest BCUT2D eigenvalue weighted by Gasteiger charge is -2.23. The van der Waals surface area contributed by atoms with Crippen LogP contribution in [0.1, 0.15) is 42.5 Å². The maximum atomic E-state index is 12.4. The Bertz CT molecular complexity index is 737. The van der Waals surface area contributed by atoms with Gasteiger partial charge < -0.3 is 10.2 Å². The molecule has 0 saturated heterocycles. The first-order valence-corrected chi connectivity index (χ1v) is 10.1. The molecule has 3 nitrogen and oxygen atoms in total. The topological polar surface area (TPSA) is 32.3 Å². The molecule has 1 aromatic heterocycles. The number of nitrogens with one attached hydrogen (secondary N) is 1. The molecule has 5 heteroatoms. The quantitative estimate of drug-likeness (QED) is 0.708. The Labute approximate surface area is 159 Å². The molecule has 0 unspecified atom stereocenters. The zero-order valence-corrected chi connectivity index (χ0v) is 16.4. The zero-order chi connectivity index (χ0) is 17.8. The molecule has 1 N–H and O–H groups in total. The van der Waals surface area contributed by atoms with Crippen LogP contribution in [0.5, 0.6) is 0 Å². The fourth-order valence-corrected chi connectivity index (χ4v) is 4.53. The van der Waals surface area contributed by atoms with Crippen LogP contribution in [0, 0.1) is 12.8 Å². The van der Waals surface area contributed by atoms with Gasteiger partial charge in [0.05, 0.1) is 10.9 Å². The second-order valence-corrected chi connectivity index (χ2v) is 8.68. The number of carbonyl (C=O) groups is 1. The van der Waals surface area contributed by atoms with Crippen LogP contribution in [0.2, 0.25) is 4.34 Å². The predicted molar refractivity (Wildman–Crippen MR) is 108 cm³/mol. The maximum Gasteiger partial charge on any atom is 0.227 e. The highest BCUT2D eigenvalue weighted by atomic mass is 35.5. The average Bonchev–Trinajstić information content (AvgIpc) is 3.02. The summed E-state index contributed by atoms with van der Waals surface area (Å²) >= 11 is 7.62. The summed E-state index contributed by atoms with van der Waals surface area (Å²) in [7, 11) is 2.07. The van der Waals surface area contributed by atoms with Crippen molar-refractivity contribution in [2.45, 2.75) is 45.6 Å². The van der Waals surface area contributed by atoms with Crippen LogP contribution in [0.15, 0.2) is 30.3 Å². The van der Waals surface area contributed by atoms with Crippen molar-refractivity contribution in [3.63, 3.8) is 0 Å². The summed E-state index contributed by atoms with van der Waals surface area (Å²) < 4.78 is 0.820. The lowest BCUT2D eigenvalue weighted by molar-refractivity contribution is -0.120. The molecule has 25 heavy (non-hydrogen) atoms. The van der Waals surface area contributed by atoms with Crippen LogP contribution < -0.4 is 10.2 Å². The Morgan fingerprint density at radius 1 is 1.24 bits per heavy atom. The number of hydrogen-bond acceptors (Lipinski definition) is 3. The molecular formula is C20H25ClN2OS. The van der Waals surface area contributed by atoms with E-state index in [2.05, 4.69) is 42.4 Å². The van der Waals surface area contributed by atoms with Gasteiger partial charge in [0.25, 0.3) is 0 Å². The Kier molecular flexibility index (Phi) is 6.02. The third kappa shape index (κ3) is 4.77. The second kappa shape index (κ2) is 8.24.